The number of rotatable bonds is 6. The molecular formula is C26H32N2O3. The quantitative estimate of drug-likeness (QED) is 0.665. The predicted molar refractivity (Wildman–Crippen MR) is 126 cm³/mol. The van der Waals surface area contributed by atoms with E-state index in [1.807, 2.05) is 61.5 Å². The Kier molecular flexibility index (Phi) is 6.84. The Balaban J connectivity index is 1.85. The number of nitrogens with zero attached hydrogens (tertiary/aromatic N) is 1. The molecule has 2 aromatic carbocycles. The molecule has 3 rings (SSSR count). The first-order valence-electron chi connectivity index (χ1n) is 10.8. The number of hydrogen-bond acceptors (Lipinski definition) is 4. The van der Waals surface area contributed by atoms with Gasteiger partial charge in [-0.1, -0.05) is 58.0 Å². The molecule has 0 saturated carbocycles. The van der Waals surface area contributed by atoms with Crippen molar-refractivity contribution < 1.29 is 14.3 Å². The van der Waals surface area contributed by atoms with Gasteiger partial charge in [0.25, 0.3) is 5.91 Å². The molecule has 31 heavy (non-hydrogen) atoms. The van der Waals surface area contributed by atoms with Gasteiger partial charge in [0.15, 0.2) is 11.5 Å². The molecule has 1 atom stereocenters. The minimum atomic E-state index is -0.473. The van der Waals surface area contributed by atoms with Gasteiger partial charge in [0.1, 0.15) is 6.10 Å². The Bertz CT molecular complexity index is 962. The number of amides is 1. The zero-order chi connectivity index (χ0) is 22.7. The van der Waals surface area contributed by atoms with Gasteiger partial charge in [0.2, 0.25) is 0 Å². The molecule has 5 heteroatoms. The van der Waals surface area contributed by atoms with Gasteiger partial charge in [0.05, 0.1) is 6.42 Å². The standard InChI is InChI=1S/C26H32N2O3/c1-16(2)21-8-7-9-22(17(3)4)25(21)27-26(30)24-15-20(29)14-23(31-24)18-10-12-19(13-11-18)28(5)6/h7-13,15-17,23H,14H2,1-6H3,(H,27,30)/t23-/m0/s1. The van der Waals surface area contributed by atoms with Crippen molar-refractivity contribution in [3.05, 3.63) is 71.0 Å². The molecule has 1 amide bonds. The van der Waals surface area contributed by atoms with E-state index in [-0.39, 0.29) is 29.8 Å². The van der Waals surface area contributed by atoms with Crippen molar-refractivity contribution in [3.63, 3.8) is 0 Å². The van der Waals surface area contributed by atoms with E-state index in [4.69, 9.17) is 4.74 Å². The van der Waals surface area contributed by atoms with Gasteiger partial charge >= 0.3 is 0 Å². The third-order valence-electron chi connectivity index (χ3n) is 5.56. The maximum Gasteiger partial charge on any atom is 0.290 e. The maximum absolute atomic E-state index is 13.1. The maximum atomic E-state index is 13.1. The number of hydrogen-bond donors (Lipinski definition) is 1. The van der Waals surface area contributed by atoms with Gasteiger partial charge in [-0.3, -0.25) is 9.59 Å². The van der Waals surface area contributed by atoms with Crippen molar-refractivity contribution in [1.82, 2.24) is 0 Å². The minimum Gasteiger partial charge on any atom is -0.479 e. The molecule has 0 bridgehead atoms. The summed E-state index contributed by atoms with van der Waals surface area (Å²) in [5.74, 6) is 0.0585. The fraction of sp³-hybridized carbons (Fsp3) is 0.385. The average molecular weight is 421 g/mol. The van der Waals surface area contributed by atoms with Gasteiger partial charge in [-0.05, 0) is 40.7 Å². The van der Waals surface area contributed by atoms with E-state index < -0.39 is 12.0 Å². The van der Waals surface area contributed by atoms with E-state index >= 15 is 0 Å². The SMILES string of the molecule is CC(C)c1cccc(C(C)C)c1NC(=O)C1=CC(=O)C[C@@H](c2ccc(N(C)C)cc2)O1. The van der Waals surface area contributed by atoms with Crippen LogP contribution in [0, 0.1) is 0 Å². The summed E-state index contributed by atoms with van der Waals surface area (Å²) in [7, 11) is 3.95. The summed E-state index contributed by atoms with van der Waals surface area (Å²) in [6.07, 6.45) is 1.06. The summed E-state index contributed by atoms with van der Waals surface area (Å²) < 4.78 is 5.99. The second-order valence-electron chi connectivity index (χ2n) is 8.85. The summed E-state index contributed by atoms with van der Waals surface area (Å²) in [6.45, 7) is 8.40. The van der Waals surface area contributed by atoms with Crippen LogP contribution in [-0.2, 0) is 14.3 Å². The van der Waals surface area contributed by atoms with E-state index in [0.717, 1.165) is 28.1 Å². The molecule has 0 aromatic heterocycles. The highest BCUT2D eigenvalue weighted by Crippen LogP contribution is 2.34. The number of ether oxygens (including phenoxy) is 1. The number of ketones is 1. The lowest BCUT2D eigenvalue weighted by Crippen LogP contribution is -2.25. The van der Waals surface area contributed by atoms with Crippen LogP contribution >= 0.6 is 0 Å². The van der Waals surface area contributed by atoms with E-state index in [0.29, 0.717) is 0 Å². The molecule has 164 valence electrons. The molecule has 0 aliphatic carbocycles. The van der Waals surface area contributed by atoms with Crippen molar-refractivity contribution in [3.8, 4) is 0 Å². The van der Waals surface area contributed by atoms with Crippen molar-refractivity contribution in [2.45, 2.75) is 52.1 Å². The van der Waals surface area contributed by atoms with Crippen molar-refractivity contribution >= 4 is 23.1 Å². The van der Waals surface area contributed by atoms with Crippen LogP contribution in [-0.4, -0.2) is 25.8 Å². The van der Waals surface area contributed by atoms with Gasteiger partial charge in [-0.25, -0.2) is 0 Å². The molecule has 1 N–H and O–H groups in total. The van der Waals surface area contributed by atoms with Crippen LogP contribution in [0.15, 0.2) is 54.3 Å². The summed E-state index contributed by atoms with van der Waals surface area (Å²) in [5.41, 5.74) is 4.89. The lowest BCUT2D eigenvalue weighted by Gasteiger charge is -2.25. The molecule has 0 spiro atoms. The Hall–Kier alpha value is -3.08. The van der Waals surface area contributed by atoms with Crippen LogP contribution in [0.1, 0.15) is 68.7 Å². The summed E-state index contributed by atoms with van der Waals surface area (Å²) in [6, 6.07) is 13.9. The van der Waals surface area contributed by atoms with Crippen LogP contribution < -0.4 is 10.2 Å². The summed E-state index contributed by atoms with van der Waals surface area (Å²) in [5, 5.41) is 3.04. The van der Waals surface area contributed by atoms with Gasteiger partial charge in [-0.2, -0.15) is 0 Å². The van der Waals surface area contributed by atoms with Crippen LogP contribution in [0.3, 0.4) is 0 Å². The Labute approximate surface area is 185 Å². The van der Waals surface area contributed by atoms with Crippen LogP contribution in [0.2, 0.25) is 0 Å². The molecule has 1 aliphatic rings. The molecule has 0 fully saturated rings. The van der Waals surface area contributed by atoms with E-state index in [1.165, 1.54) is 6.08 Å². The molecule has 0 radical (unpaired) electrons. The first-order chi connectivity index (χ1) is 14.7. The zero-order valence-corrected chi connectivity index (χ0v) is 19.2. The largest absolute Gasteiger partial charge is 0.479 e. The van der Waals surface area contributed by atoms with Gasteiger partial charge in [0, 0.05) is 31.5 Å². The molecule has 0 saturated heterocycles. The molecule has 1 aliphatic heterocycles. The highest BCUT2D eigenvalue weighted by molar-refractivity contribution is 6.08. The zero-order valence-electron chi connectivity index (χ0n) is 19.2. The third kappa shape index (κ3) is 5.16. The summed E-state index contributed by atoms with van der Waals surface area (Å²) in [4.78, 5) is 27.5. The van der Waals surface area contributed by atoms with Crippen LogP contribution in [0.4, 0.5) is 11.4 Å². The number of carbonyl (C=O) groups is 2. The number of benzene rings is 2. The van der Waals surface area contributed by atoms with Crippen molar-refractivity contribution in [2.75, 3.05) is 24.3 Å². The predicted octanol–water partition coefficient (Wildman–Crippen LogP) is 5.55. The van der Waals surface area contributed by atoms with Gasteiger partial charge < -0.3 is 15.0 Å². The first kappa shape index (κ1) is 22.6. The van der Waals surface area contributed by atoms with E-state index in [2.05, 4.69) is 33.0 Å². The second kappa shape index (κ2) is 9.38. The van der Waals surface area contributed by atoms with Crippen molar-refractivity contribution in [2.24, 2.45) is 0 Å². The van der Waals surface area contributed by atoms with Gasteiger partial charge in [-0.15, -0.1) is 0 Å². The third-order valence-corrected chi connectivity index (χ3v) is 5.56. The fourth-order valence-corrected chi connectivity index (χ4v) is 3.78. The first-order valence-corrected chi connectivity index (χ1v) is 10.8. The Morgan fingerprint density at radius 3 is 2.10 bits per heavy atom. The van der Waals surface area contributed by atoms with Crippen LogP contribution in [0.25, 0.3) is 0 Å². The number of carbonyl (C=O) groups excluding carboxylic acids is 2. The number of anilines is 2. The molecule has 2 aromatic rings. The summed E-state index contributed by atoms with van der Waals surface area (Å²) >= 11 is 0. The topological polar surface area (TPSA) is 58.6 Å². The minimum absolute atomic E-state index is 0.0613. The second-order valence-corrected chi connectivity index (χ2v) is 8.85. The van der Waals surface area contributed by atoms with E-state index in [1.54, 1.807) is 0 Å². The number of para-hydroxylation sites is 1. The lowest BCUT2D eigenvalue weighted by atomic mass is 9.92. The van der Waals surface area contributed by atoms with Crippen LogP contribution in [0.5, 0.6) is 0 Å². The molecule has 5 nitrogen and oxygen atoms in total. The smallest absolute Gasteiger partial charge is 0.290 e. The highest BCUT2D eigenvalue weighted by Gasteiger charge is 2.28. The normalized spacial score (nSPS) is 16.2. The average Bonchev–Trinajstić information content (AvgIpc) is 2.73. The Morgan fingerprint density at radius 2 is 1.58 bits per heavy atom. The number of nitrogens with one attached hydrogen (secondary N) is 1. The monoisotopic (exact) mass is 420 g/mol. The number of allylic oxidation sites excluding steroid dienone is 1. The molecular weight excluding hydrogens is 388 g/mol. The van der Waals surface area contributed by atoms with Crippen molar-refractivity contribution in [1.29, 1.82) is 0 Å². The molecule has 1 heterocycles. The molecule has 0 unspecified atom stereocenters. The lowest BCUT2D eigenvalue weighted by molar-refractivity contribution is -0.124. The highest BCUT2D eigenvalue weighted by atomic mass is 16.5. The van der Waals surface area contributed by atoms with E-state index in [9.17, 15) is 9.59 Å². The fourth-order valence-electron chi connectivity index (χ4n) is 3.78. The Morgan fingerprint density at radius 1 is 1.00 bits per heavy atom.